The maximum absolute atomic E-state index is 4.71. The summed E-state index contributed by atoms with van der Waals surface area (Å²) in [5.74, 6) is 0. The number of fused-ring (bicyclic) bond motifs is 8. The highest BCUT2D eigenvalue weighted by Gasteiger charge is 2.21. The fourth-order valence-corrected chi connectivity index (χ4v) is 10.7. The Morgan fingerprint density at radius 2 is 0.825 bits per heavy atom. The van der Waals surface area contributed by atoms with Gasteiger partial charge in [-0.3, -0.25) is 4.98 Å². The van der Waals surface area contributed by atoms with Gasteiger partial charge in [0.25, 0.3) is 0 Å². The molecule has 0 N–H and O–H groups in total. The summed E-state index contributed by atoms with van der Waals surface area (Å²) >= 11 is 1.90. The summed E-state index contributed by atoms with van der Waals surface area (Å²) in [6, 6.07) is 71.5. The molecule has 0 aliphatic rings. The van der Waals surface area contributed by atoms with Gasteiger partial charge < -0.3 is 0 Å². The Hall–Kier alpha value is -7.13. The van der Waals surface area contributed by atoms with Gasteiger partial charge in [-0.25, -0.2) is 0 Å². The molecule has 0 aliphatic carbocycles. The molecule has 57 heavy (non-hydrogen) atoms. The van der Waals surface area contributed by atoms with Crippen molar-refractivity contribution in [1.29, 1.82) is 0 Å². The number of benzene rings is 10. The molecule has 0 unspecified atom stereocenters. The molecule has 0 radical (unpaired) electrons. The summed E-state index contributed by atoms with van der Waals surface area (Å²) in [7, 11) is 0. The first-order valence-corrected chi connectivity index (χ1v) is 20.4. The van der Waals surface area contributed by atoms with Gasteiger partial charge in [0.05, 0.1) is 5.52 Å². The van der Waals surface area contributed by atoms with E-state index in [-0.39, 0.29) is 0 Å². The van der Waals surface area contributed by atoms with E-state index in [1.807, 2.05) is 23.6 Å². The average molecular weight is 740 g/mol. The largest absolute Gasteiger partial charge is 0.256 e. The lowest BCUT2D eigenvalue weighted by atomic mass is 9.84. The summed E-state index contributed by atoms with van der Waals surface area (Å²) in [6.45, 7) is 0. The molecule has 2 heteroatoms. The molecule has 0 aliphatic heterocycles. The van der Waals surface area contributed by atoms with Crippen LogP contribution in [0.1, 0.15) is 0 Å². The Bertz CT molecular complexity index is 3460. The Balaban J connectivity index is 1.10. The number of hydrogen-bond donors (Lipinski definition) is 0. The average Bonchev–Trinajstić information content (AvgIpc) is 3.66. The highest BCUT2D eigenvalue weighted by molar-refractivity contribution is 7.26. The molecular weight excluding hydrogens is 707 g/mol. The van der Waals surface area contributed by atoms with Gasteiger partial charge in [0.2, 0.25) is 0 Å². The van der Waals surface area contributed by atoms with E-state index >= 15 is 0 Å². The summed E-state index contributed by atoms with van der Waals surface area (Å²) in [5.41, 5.74) is 11.1. The Labute approximate surface area is 333 Å². The number of aromatic nitrogens is 1. The fraction of sp³-hybridized carbons (Fsp3) is 0. The van der Waals surface area contributed by atoms with Crippen LogP contribution in [-0.2, 0) is 0 Å². The van der Waals surface area contributed by atoms with Crippen molar-refractivity contribution in [2.75, 3.05) is 0 Å². The fourth-order valence-electron chi connectivity index (χ4n) is 9.50. The number of pyridine rings is 1. The van der Waals surface area contributed by atoms with Gasteiger partial charge in [0.1, 0.15) is 0 Å². The van der Waals surface area contributed by atoms with E-state index in [1.165, 1.54) is 108 Å². The van der Waals surface area contributed by atoms with Crippen LogP contribution < -0.4 is 0 Å². The van der Waals surface area contributed by atoms with Crippen LogP contribution in [0, 0.1) is 0 Å². The zero-order valence-corrected chi connectivity index (χ0v) is 31.7. The van der Waals surface area contributed by atoms with Crippen molar-refractivity contribution in [1.82, 2.24) is 4.98 Å². The van der Waals surface area contributed by atoms with Gasteiger partial charge in [-0.2, -0.15) is 0 Å². The SMILES string of the molecule is c1ccc(-c2c3ccccc3c(-c3cccc4sc5cc(-c6c7ccccc7c(-c7ccc8cccnc8c7)c7ccccc67)ccc5c34)c3ccccc23)cc1. The van der Waals surface area contributed by atoms with E-state index in [1.54, 1.807) is 0 Å². The topological polar surface area (TPSA) is 12.9 Å². The third-order valence-corrected chi connectivity index (χ3v) is 13.0. The van der Waals surface area contributed by atoms with Gasteiger partial charge in [0.15, 0.2) is 0 Å². The van der Waals surface area contributed by atoms with Crippen LogP contribution in [0.4, 0.5) is 0 Å². The van der Waals surface area contributed by atoms with Crippen LogP contribution >= 0.6 is 11.3 Å². The molecule has 0 atom stereocenters. The van der Waals surface area contributed by atoms with E-state index in [4.69, 9.17) is 4.98 Å². The lowest BCUT2D eigenvalue weighted by Crippen LogP contribution is -1.91. The highest BCUT2D eigenvalue weighted by atomic mass is 32.1. The molecule has 0 amide bonds. The van der Waals surface area contributed by atoms with Gasteiger partial charge in [0, 0.05) is 31.8 Å². The predicted molar refractivity (Wildman–Crippen MR) is 246 cm³/mol. The second kappa shape index (κ2) is 12.7. The molecule has 0 saturated carbocycles. The zero-order valence-electron chi connectivity index (χ0n) is 30.9. The first-order chi connectivity index (χ1) is 28.3. The van der Waals surface area contributed by atoms with Crippen molar-refractivity contribution in [3.63, 3.8) is 0 Å². The first kappa shape index (κ1) is 32.1. The predicted octanol–water partition coefficient (Wildman–Crippen LogP) is 15.9. The molecule has 0 bridgehead atoms. The van der Waals surface area contributed by atoms with Crippen molar-refractivity contribution < 1.29 is 0 Å². The van der Waals surface area contributed by atoms with E-state index < -0.39 is 0 Å². The van der Waals surface area contributed by atoms with Gasteiger partial charge >= 0.3 is 0 Å². The molecule has 2 aromatic heterocycles. The van der Waals surface area contributed by atoms with Crippen LogP contribution in [0.2, 0.25) is 0 Å². The number of nitrogens with zero attached hydrogens (tertiary/aromatic N) is 1. The maximum atomic E-state index is 4.71. The smallest absolute Gasteiger partial charge is 0.0708 e. The van der Waals surface area contributed by atoms with E-state index in [9.17, 15) is 0 Å². The lowest BCUT2D eigenvalue weighted by molar-refractivity contribution is 1.41. The molecular formula is C55H33NS. The molecule has 0 fully saturated rings. The minimum Gasteiger partial charge on any atom is -0.256 e. The molecule has 264 valence electrons. The molecule has 10 aromatic carbocycles. The summed E-state index contributed by atoms with van der Waals surface area (Å²) < 4.78 is 2.59. The molecule has 2 heterocycles. The van der Waals surface area contributed by atoms with Crippen LogP contribution in [0.3, 0.4) is 0 Å². The Morgan fingerprint density at radius 1 is 0.316 bits per heavy atom. The summed E-state index contributed by atoms with van der Waals surface area (Å²) in [4.78, 5) is 4.71. The molecule has 0 spiro atoms. The molecule has 0 saturated heterocycles. The first-order valence-electron chi connectivity index (χ1n) is 19.5. The van der Waals surface area contributed by atoms with Crippen LogP contribution in [0.15, 0.2) is 200 Å². The lowest BCUT2D eigenvalue weighted by Gasteiger charge is -2.18. The molecule has 1 nitrogen and oxygen atoms in total. The van der Waals surface area contributed by atoms with E-state index in [0.717, 1.165) is 10.9 Å². The number of hydrogen-bond acceptors (Lipinski definition) is 2. The summed E-state index contributed by atoms with van der Waals surface area (Å²) in [5, 5.41) is 13.9. The minimum atomic E-state index is 1.01. The van der Waals surface area contributed by atoms with Crippen molar-refractivity contribution in [3.05, 3.63) is 200 Å². The second-order valence-electron chi connectivity index (χ2n) is 15.0. The van der Waals surface area contributed by atoms with E-state index in [0.29, 0.717) is 0 Å². The molecule has 12 rings (SSSR count). The van der Waals surface area contributed by atoms with Crippen molar-refractivity contribution >= 4 is 85.5 Å². The maximum Gasteiger partial charge on any atom is 0.0708 e. The van der Waals surface area contributed by atoms with Gasteiger partial charge in [-0.15, -0.1) is 11.3 Å². The van der Waals surface area contributed by atoms with Gasteiger partial charge in [-0.05, 0) is 112 Å². The normalized spacial score (nSPS) is 11.9. The summed E-state index contributed by atoms with van der Waals surface area (Å²) in [6.07, 6.45) is 1.88. The molecule has 12 aromatic rings. The number of thiophene rings is 1. The van der Waals surface area contributed by atoms with Crippen LogP contribution in [0.5, 0.6) is 0 Å². The van der Waals surface area contributed by atoms with Crippen molar-refractivity contribution in [2.45, 2.75) is 0 Å². The zero-order chi connectivity index (χ0) is 37.5. The highest BCUT2D eigenvalue weighted by Crippen LogP contribution is 2.49. The quantitative estimate of drug-likeness (QED) is 0.164. The second-order valence-corrected chi connectivity index (χ2v) is 16.0. The van der Waals surface area contributed by atoms with Crippen molar-refractivity contribution in [3.8, 4) is 44.5 Å². The van der Waals surface area contributed by atoms with Crippen molar-refractivity contribution in [2.24, 2.45) is 0 Å². The Morgan fingerprint density at radius 3 is 1.42 bits per heavy atom. The minimum absolute atomic E-state index is 1.01. The Kier molecular flexibility index (Phi) is 7.17. The third kappa shape index (κ3) is 4.91. The van der Waals surface area contributed by atoms with Crippen LogP contribution in [0.25, 0.3) is 119 Å². The van der Waals surface area contributed by atoms with Gasteiger partial charge in [-0.1, -0.05) is 170 Å². The monoisotopic (exact) mass is 739 g/mol. The standard InChI is InChI=1S/C55H33NS/c1-2-14-35(15-3-1)51-42-21-8-10-23-44(42)54(45-24-11-9-22-43(45)51)47-25-12-26-49-55(47)46-30-29-37(33-50(46)57-49)53-40-19-6-4-17-38(40)52(39-18-5-7-20-41(39)53)36-28-27-34-16-13-31-56-48(34)32-36/h1-33H. The van der Waals surface area contributed by atoms with E-state index in [2.05, 4.69) is 188 Å². The van der Waals surface area contributed by atoms with Crippen LogP contribution in [-0.4, -0.2) is 4.98 Å². The third-order valence-electron chi connectivity index (χ3n) is 11.9. The number of rotatable bonds is 4.